The van der Waals surface area contributed by atoms with E-state index in [4.69, 9.17) is 4.74 Å². The van der Waals surface area contributed by atoms with Gasteiger partial charge in [-0.15, -0.1) is 5.10 Å². The lowest BCUT2D eigenvalue weighted by molar-refractivity contribution is 0.0694. The zero-order valence-electron chi connectivity index (χ0n) is 9.42. The van der Waals surface area contributed by atoms with Gasteiger partial charge in [-0.05, 0) is 21.5 Å². The molecule has 1 aromatic carbocycles. The minimum Gasteiger partial charge on any atom is -0.378 e. The van der Waals surface area contributed by atoms with E-state index in [9.17, 15) is 0 Å². The Balaban J connectivity index is 1.93. The second-order valence-corrected chi connectivity index (χ2v) is 4.33. The molecule has 0 bridgehead atoms. The summed E-state index contributed by atoms with van der Waals surface area (Å²) < 4.78 is 6.03. The number of morpholine rings is 1. The molecule has 90 valence electrons. The zero-order chi connectivity index (χ0) is 11.9. The van der Waals surface area contributed by atoms with Gasteiger partial charge in [0.05, 0.1) is 19.4 Å². The molecule has 0 aliphatic carbocycles. The van der Waals surface area contributed by atoms with Crippen molar-refractivity contribution in [3.05, 3.63) is 35.9 Å². The molecule has 0 amide bonds. The van der Waals surface area contributed by atoms with Crippen LogP contribution in [0.25, 0.3) is 0 Å². The summed E-state index contributed by atoms with van der Waals surface area (Å²) in [6.45, 7) is 3.19. The highest BCUT2D eigenvalue weighted by Gasteiger charge is 2.12. The van der Waals surface area contributed by atoms with E-state index in [2.05, 4.69) is 31.0 Å². The lowest BCUT2D eigenvalue weighted by Crippen LogP contribution is -2.38. The van der Waals surface area contributed by atoms with Crippen molar-refractivity contribution in [1.29, 1.82) is 0 Å². The van der Waals surface area contributed by atoms with Gasteiger partial charge in [0, 0.05) is 13.1 Å². The summed E-state index contributed by atoms with van der Waals surface area (Å²) in [6, 6.07) is 9.90. The van der Waals surface area contributed by atoms with Crippen LogP contribution in [0.4, 0.5) is 0 Å². The van der Waals surface area contributed by atoms with E-state index in [-0.39, 0.29) is 0 Å². The average molecular weight is 296 g/mol. The first-order valence-corrected chi connectivity index (χ1v) is 6.30. The van der Waals surface area contributed by atoms with E-state index in [1.165, 1.54) is 0 Å². The lowest BCUT2D eigenvalue weighted by Gasteiger charge is -2.26. The Bertz CT molecular complexity index is 399. The maximum atomic E-state index is 5.27. The van der Waals surface area contributed by atoms with Crippen molar-refractivity contribution in [3.63, 3.8) is 0 Å². The van der Waals surface area contributed by atoms with Crippen LogP contribution >= 0.6 is 15.9 Å². The molecule has 5 heteroatoms. The highest BCUT2D eigenvalue weighted by Crippen LogP contribution is 2.04. The van der Waals surface area contributed by atoms with Crippen LogP contribution in [0.2, 0.25) is 0 Å². The van der Waals surface area contributed by atoms with Crippen LogP contribution in [0.15, 0.2) is 40.5 Å². The zero-order valence-corrected chi connectivity index (χ0v) is 11.0. The van der Waals surface area contributed by atoms with Crippen molar-refractivity contribution in [1.82, 2.24) is 4.90 Å². The van der Waals surface area contributed by atoms with E-state index >= 15 is 0 Å². The summed E-state index contributed by atoms with van der Waals surface area (Å²) >= 11 is 3.42. The van der Waals surface area contributed by atoms with Gasteiger partial charge in [0.2, 0.25) is 0 Å². The van der Waals surface area contributed by atoms with Gasteiger partial charge in [-0.2, -0.15) is 5.10 Å². The van der Waals surface area contributed by atoms with Crippen molar-refractivity contribution in [2.45, 2.75) is 0 Å². The number of benzene rings is 1. The fourth-order valence-electron chi connectivity index (χ4n) is 1.49. The first-order valence-electron chi connectivity index (χ1n) is 5.50. The predicted molar refractivity (Wildman–Crippen MR) is 72.8 cm³/mol. The molecule has 0 spiro atoms. The number of hydrogen-bond acceptors (Lipinski definition) is 3. The van der Waals surface area contributed by atoms with Crippen LogP contribution < -0.4 is 0 Å². The quantitative estimate of drug-likeness (QED) is 0.363. The van der Waals surface area contributed by atoms with Crippen molar-refractivity contribution >= 4 is 26.9 Å². The number of nitrogens with zero attached hydrogens (tertiary/aromatic N) is 3. The molecule has 0 radical (unpaired) electrons. The SMILES string of the molecule is Br/C(=N\N=C\c1ccccc1)N1CCOCC1. The van der Waals surface area contributed by atoms with Gasteiger partial charge in [0.15, 0.2) is 4.74 Å². The van der Waals surface area contributed by atoms with Crippen molar-refractivity contribution in [2.75, 3.05) is 26.3 Å². The molecule has 0 atom stereocenters. The lowest BCUT2D eigenvalue weighted by atomic mass is 10.2. The summed E-state index contributed by atoms with van der Waals surface area (Å²) in [5, 5.41) is 8.17. The first-order chi connectivity index (χ1) is 8.36. The summed E-state index contributed by atoms with van der Waals surface area (Å²) in [5.41, 5.74) is 1.04. The molecule has 0 unspecified atom stereocenters. The van der Waals surface area contributed by atoms with Crippen LogP contribution in [-0.4, -0.2) is 42.2 Å². The van der Waals surface area contributed by atoms with Gasteiger partial charge >= 0.3 is 0 Å². The Morgan fingerprint density at radius 3 is 2.65 bits per heavy atom. The Labute approximate surface area is 109 Å². The third-order valence-corrected chi connectivity index (χ3v) is 3.08. The number of ether oxygens (including phenoxy) is 1. The number of hydrogen-bond donors (Lipinski definition) is 0. The summed E-state index contributed by atoms with van der Waals surface area (Å²) in [5.74, 6) is 0. The minimum atomic E-state index is 0.743. The van der Waals surface area contributed by atoms with Crippen LogP contribution in [0.1, 0.15) is 5.56 Å². The third-order valence-electron chi connectivity index (χ3n) is 2.42. The second-order valence-electron chi connectivity index (χ2n) is 3.62. The van der Waals surface area contributed by atoms with E-state index in [1.54, 1.807) is 6.21 Å². The predicted octanol–water partition coefficient (Wildman–Crippen LogP) is 2.10. The largest absolute Gasteiger partial charge is 0.378 e. The Morgan fingerprint density at radius 2 is 1.94 bits per heavy atom. The molecular formula is C12H14BrN3O. The molecule has 1 saturated heterocycles. The van der Waals surface area contributed by atoms with Gasteiger partial charge in [-0.1, -0.05) is 30.3 Å². The fourth-order valence-corrected chi connectivity index (χ4v) is 1.94. The number of amidine groups is 1. The van der Waals surface area contributed by atoms with Gasteiger partial charge < -0.3 is 9.64 Å². The molecule has 1 heterocycles. The molecule has 0 aromatic heterocycles. The molecule has 17 heavy (non-hydrogen) atoms. The van der Waals surface area contributed by atoms with Gasteiger partial charge in [-0.25, -0.2) is 0 Å². The molecule has 2 rings (SSSR count). The van der Waals surface area contributed by atoms with Gasteiger partial charge in [-0.3, -0.25) is 0 Å². The van der Waals surface area contributed by atoms with Gasteiger partial charge in [0.1, 0.15) is 0 Å². The fraction of sp³-hybridized carbons (Fsp3) is 0.333. The summed E-state index contributed by atoms with van der Waals surface area (Å²) in [4.78, 5) is 2.10. The molecule has 4 nitrogen and oxygen atoms in total. The Kier molecular flexibility index (Phi) is 4.70. The van der Waals surface area contributed by atoms with E-state index in [1.807, 2.05) is 30.3 Å². The van der Waals surface area contributed by atoms with E-state index in [0.29, 0.717) is 0 Å². The average Bonchev–Trinajstić information content (AvgIpc) is 2.41. The van der Waals surface area contributed by atoms with Crippen molar-refractivity contribution in [2.24, 2.45) is 10.2 Å². The Morgan fingerprint density at radius 1 is 1.24 bits per heavy atom. The molecule has 1 aliphatic heterocycles. The summed E-state index contributed by atoms with van der Waals surface area (Å²) in [7, 11) is 0. The maximum Gasteiger partial charge on any atom is 0.194 e. The molecular weight excluding hydrogens is 282 g/mol. The second kappa shape index (κ2) is 6.51. The monoisotopic (exact) mass is 295 g/mol. The Hall–Kier alpha value is -1.20. The number of halogens is 1. The molecule has 1 fully saturated rings. The normalized spacial score (nSPS) is 17.7. The molecule has 0 saturated carbocycles. The highest BCUT2D eigenvalue weighted by molar-refractivity contribution is 9.18. The summed E-state index contributed by atoms with van der Waals surface area (Å²) in [6.07, 6.45) is 1.74. The van der Waals surface area contributed by atoms with E-state index < -0.39 is 0 Å². The minimum absolute atomic E-state index is 0.743. The molecule has 1 aromatic rings. The van der Waals surface area contributed by atoms with Crippen molar-refractivity contribution in [3.8, 4) is 0 Å². The molecule has 1 aliphatic rings. The van der Waals surface area contributed by atoms with Crippen LogP contribution in [0, 0.1) is 0 Å². The third kappa shape index (κ3) is 3.94. The van der Waals surface area contributed by atoms with Crippen LogP contribution in [0.5, 0.6) is 0 Å². The van der Waals surface area contributed by atoms with Gasteiger partial charge in [0.25, 0.3) is 0 Å². The van der Waals surface area contributed by atoms with Crippen LogP contribution in [0.3, 0.4) is 0 Å². The smallest absolute Gasteiger partial charge is 0.194 e. The topological polar surface area (TPSA) is 37.2 Å². The molecule has 0 N–H and O–H groups in total. The maximum absolute atomic E-state index is 5.27. The van der Waals surface area contributed by atoms with Crippen LogP contribution in [-0.2, 0) is 4.74 Å². The highest BCUT2D eigenvalue weighted by atomic mass is 79.9. The standard InChI is InChI=1S/C12H14BrN3O/c13-12(16-6-8-17-9-7-16)15-14-10-11-4-2-1-3-5-11/h1-5,10H,6-9H2/b14-10+,15-12+. The first kappa shape index (κ1) is 12.3. The van der Waals surface area contributed by atoms with Crippen molar-refractivity contribution < 1.29 is 4.74 Å². The van der Waals surface area contributed by atoms with E-state index in [0.717, 1.165) is 36.6 Å². The number of rotatable bonds is 2.